The van der Waals surface area contributed by atoms with Crippen molar-refractivity contribution in [3.8, 4) is 0 Å². The molecule has 1 saturated heterocycles. The van der Waals surface area contributed by atoms with E-state index >= 15 is 0 Å². The number of nitrogens with zero attached hydrogens (tertiary/aromatic N) is 3. The highest BCUT2D eigenvalue weighted by Gasteiger charge is 2.23. The van der Waals surface area contributed by atoms with Crippen LogP contribution in [0.1, 0.15) is 19.4 Å². The number of rotatable bonds is 3. The second-order valence-corrected chi connectivity index (χ2v) is 4.59. The molecule has 2 rings (SSSR count). The van der Waals surface area contributed by atoms with E-state index in [0.29, 0.717) is 6.54 Å². The zero-order valence-electron chi connectivity index (χ0n) is 10.5. The van der Waals surface area contributed by atoms with Gasteiger partial charge in [-0.25, -0.2) is 9.97 Å². The van der Waals surface area contributed by atoms with Gasteiger partial charge in [-0.3, -0.25) is 0 Å². The van der Waals surface area contributed by atoms with Crippen LogP contribution in [0.15, 0.2) is 12.4 Å². The fourth-order valence-corrected chi connectivity index (χ4v) is 2.15. The summed E-state index contributed by atoms with van der Waals surface area (Å²) in [5.74, 6) is 0.785. The van der Waals surface area contributed by atoms with Crippen LogP contribution in [-0.4, -0.2) is 41.8 Å². The Morgan fingerprint density at radius 1 is 1.29 bits per heavy atom. The Morgan fingerprint density at radius 3 is 2.41 bits per heavy atom. The number of hydrogen-bond acceptors (Lipinski definition) is 5. The third-order valence-electron chi connectivity index (χ3n) is 2.83. The van der Waals surface area contributed by atoms with Gasteiger partial charge in [-0.2, -0.15) is 0 Å². The maximum atomic E-state index is 5.69. The molecule has 0 spiro atoms. The van der Waals surface area contributed by atoms with Crippen LogP contribution in [0.3, 0.4) is 0 Å². The molecular formula is C12H20N4O. The first kappa shape index (κ1) is 12.3. The van der Waals surface area contributed by atoms with Crippen molar-refractivity contribution < 1.29 is 4.74 Å². The van der Waals surface area contributed by atoms with Crippen LogP contribution in [0.4, 0.5) is 5.95 Å². The maximum Gasteiger partial charge on any atom is 0.225 e. The lowest BCUT2D eigenvalue weighted by atomic mass is 10.2. The summed E-state index contributed by atoms with van der Waals surface area (Å²) in [6.07, 6.45) is 5.01. The average Bonchev–Trinajstić information content (AvgIpc) is 2.29. The summed E-state index contributed by atoms with van der Waals surface area (Å²) in [6.45, 7) is 6.48. The van der Waals surface area contributed by atoms with E-state index in [-0.39, 0.29) is 12.2 Å². The van der Waals surface area contributed by atoms with Gasteiger partial charge in [-0.05, 0) is 32.4 Å². The summed E-state index contributed by atoms with van der Waals surface area (Å²) in [5.41, 5.74) is 6.58. The number of hydrogen-bond donors (Lipinski definition) is 1. The molecule has 1 aromatic rings. The molecule has 17 heavy (non-hydrogen) atoms. The summed E-state index contributed by atoms with van der Waals surface area (Å²) < 4.78 is 5.69. The fraction of sp³-hybridized carbons (Fsp3) is 0.667. The Kier molecular flexibility index (Phi) is 3.91. The zero-order chi connectivity index (χ0) is 12.3. The Balaban J connectivity index is 2.06. The van der Waals surface area contributed by atoms with Gasteiger partial charge in [0.1, 0.15) is 0 Å². The fourth-order valence-electron chi connectivity index (χ4n) is 2.15. The number of aromatic nitrogens is 2. The van der Waals surface area contributed by atoms with Crippen molar-refractivity contribution >= 4 is 5.95 Å². The van der Waals surface area contributed by atoms with E-state index in [2.05, 4.69) is 28.7 Å². The Morgan fingerprint density at radius 2 is 1.88 bits per heavy atom. The van der Waals surface area contributed by atoms with Gasteiger partial charge >= 0.3 is 0 Å². The molecular weight excluding hydrogens is 216 g/mol. The third-order valence-corrected chi connectivity index (χ3v) is 2.83. The van der Waals surface area contributed by atoms with Gasteiger partial charge in [0.2, 0.25) is 5.95 Å². The minimum atomic E-state index is 0.228. The van der Waals surface area contributed by atoms with E-state index < -0.39 is 0 Å². The number of morpholine rings is 1. The molecule has 1 aliphatic rings. The average molecular weight is 236 g/mol. The smallest absolute Gasteiger partial charge is 0.225 e. The predicted octanol–water partition coefficient (Wildman–Crippen LogP) is 0.591. The molecule has 2 unspecified atom stereocenters. The summed E-state index contributed by atoms with van der Waals surface area (Å²) in [5, 5.41) is 0. The molecule has 0 radical (unpaired) electrons. The number of anilines is 1. The predicted molar refractivity (Wildman–Crippen MR) is 67.0 cm³/mol. The van der Waals surface area contributed by atoms with Crippen LogP contribution in [0.5, 0.6) is 0 Å². The van der Waals surface area contributed by atoms with Crippen molar-refractivity contribution in [1.29, 1.82) is 0 Å². The normalized spacial score (nSPS) is 25.0. The second kappa shape index (κ2) is 5.42. The van der Waals surface area contributed by atoms with Gasteiger partial charge in [-0.1, -0.05) is 0 Å². The van der Waals surface area contributed by atoms with Crippen molar-refractivity contribution in [1.82, 2.24) is 9.97 Å². The molecule has 0 saturated carbocycles. The summed E-state index contributed by atoms with van der Waals surface area (Å²) >= 11 is 0. The van der Waals surface area contributed by atoms with E-state index in [0.717, 1.165) is 31.0 Å². The summed E-state index contributed by atoms with van der Waals surface area (Å²) in [7, 11) is 0. The van der Waals surface area contributed by atoms with E-state index in [1.807, 2.05) is 12.4 Å². The molecule has 2 heterocycles. The zero-order valence-corrected chi connectivity index (χ0v) is 10.5. The van der Waals surface area contributed by atoms with E-state index in [1.54, 1.807) is 0 Å². The minimum Gasteiger partial charge on any atom is -0.372 e. The quantitative estimate of drug-likeness (QED) is 0.832. The Hall–Kier alpha value is -1.20. The van der Waals surface area contributed by atoms with Crippen LogP contribution < -0.4 is 10.6 Å². The minimum absolute atomic E-state index is 0.228. The Bertz CT molecular complexity index is 344. The van der Waals surface area contributed by atoms with E-state index in [1.165, 1.54) is 0 Å². The van der Waals surface area contributed by atoms with Crippen LogP contribution in [0.2, 0.25) is 0 Å². The molecule has 1 fully saturated rings. The van der Waals surface area contributed by atoms with Crippen LogP contribution in [-0.2, 0) is 11.2 Å². The molecule has 0 bridgehead atoms. The molecule has 94 valence electrons. The highest BCUT2D eigenvalue weighted by atomic mass is 16.5. The molecule has 2 N–H and O–H groups in total. The molecule has 5 heteroatoms. The second-order valence-electron chi connectivity index (χ2n) is 4.59. The first-order valence-electron chi connectivity index (χ1n) is 6.10. The molecule has 0 aromatic carbocycles. The third kappa shape index (κ3) is 3.14. The van der Waals surface area contributed by atoms with Gasteiger partial charge < -0.3 is 15.4 Å². The van der Waals surface area contributed by atoms with Gasteiger partial charge in [-0.15, -0.1) is 0 Å². The van der Waals surface area contributed by atoms with Crippen molar-refractivity contribution in [2.24, 2.45) is 5.73 Å². The van der Waals surface area contributed by atoms with Gasteiger partial charge in [0.15, 0.2) is 0 Å². The number of nitrogens with two attached hydrogens (primary N) is 1. The maximum absolute atomic E-state index is 5.69. The molecule has 0 aliphatic carbocycles. The SMILES string of the molecule is CC1CN(c2ncc(CCN)cn2)CC(C)O1. The van der Waals surface area contributed by atoms with Gasteiger partial charge in [0.25, 0.3) is 0 Å². The molecule has 1 aliphatic heterocycles. The lowest BCUT2D eigenvalue weighted by Crippen LogP contribution is -2.46. The summed E-state index contributed by atoms with van der Waals surface area (Å²) in [6, 6.07) is 0. The van der Waals surface area contributed by atoms with Crippen molar-refractivity contribution in [2.75, 3.05) is 24.5 Å². The van der Waals surface area contributed by atoms with E-state index in [9.17, 15) is 0 Å². The van der Waals surface area contributed by atoms with Crippen LogP contribution in [0, 0.1) is 0 Å². The van der Waals surface area contributed by atoms with Crippen LogP contribution in [0.25, 0.3) is 0 Å². The van der Waals surface area contributed by atoms with Crippen LogP contribution >= 0.6 is 0 Å². The monoisotopic (exact) mass is 236 g/mol. The lowest BCUT2D eigenvalue weighted by molar-refractivity contribution is -0.00572. The van der Waals surface area contributed by atoms with Crippen molar-refractivity contribution in [3.05, 3.63) is 18.0 Å². The molecule has 2 atom stereocenters. The van der Waals surface area contributed by atoms with E-state index in [4.69, 9.17) is 10.5 Å². The van der Waals surface area contributed by atoms with Crippen molar-refractivity contribution in [3.63, 3.8) is 0 Å². The molecule has 1 aromatic heterocycles. The first-order valence-corrected chi connectivity index (χ1v) is 6.10. The molecule has 5 nitrogen and oxygen atoms in total. The molecule has 0 amide bonds. The summed E-state index contributed by atoms with van der Waals surface area (Å²) in [4.78, 5) is 11.0. The van der Waals surface area contributed by atoms with Crippen molar-refractivity contribution in [2.45, 2.75) is 32.5 Å². The topological polar surface area (TPSA) is 64.3 Å². The van der Waals surface area contributed by atoms with Gasteiger partial charge in [0, 0.05) is 25.5 Å². The lowest BCUT2D eigenvalue weighted by Gasteiger charge is -2.35. The standard InChI is InChI=1S/C12H20N4O/c1-9-7-16(8-10(2)17-9)12-14-5-11(3-4-13)6-15-12/h5-6,9-10H,3-4,7-8,13H2,1-2H3. The number of ether oxygens (including phenoxy) is 1. The Labute approximate surface area is 102 Å². The first-order chi connectivity index (χ1) is 8.19. The highest BCUT2D eigenvalue weighted by molar-refractivity contribution is 5.31. The highest BCUT2D eigenvalue weighted by Crippen LogP contribution is 2.16. The largest absolute Gasteiger partial charge is 0.372 e. The van der Waals surface area contributed by atoms with Gasteiger partial charge in [0.05, 0.1) is 12.2 Å².